The Morgan fingerprint density at radius 3 is 2.71 bits per heavy atom. The zero-order valence-corrected chi connectivity index (χ0v) is 14.7. The normalized spacial score (nSPS) is 16.8. The van der Waals surface area contributed by atoms with Crippen molar-refractivity contribution in [1.29, 1.82) is 0 Å². The van der Waals surface area contributed by atoms with E-state index in [9.17, 15) is 18.0 Å². The standard InChI is InChI=1S/C13H15ClF3N3O2.2ClH/c14-10-5-9(13(15,16)17)7-20-12(10)22-4-3-19-11(21)8-1-2-18-6-8;;/h5,7-8,18H,1-4,6H2,(H,19,21);2*1H. The Morgan fingerprint density at radius 1 is 1.46 bits per heavy atom. The minimum Gasteiger partial charge on any atom is -0.475 e. The lowest BCUT2D eigenvalue weighted by molar-refractivity contribution is -0.137. The Hall–Kier alpha value is -0.960. The van der Waals surface area contributed by atoms with Gasteiger partial charge in [0.05, 0.1) is 18.0 Å². The summed E-state index contributed by atoms with van der Waals surface area (Å²) in [7, 11) is 0. The molecule has 0 aliphatic carbocycles. The van der Waals surface area contributed by atoms with E-state index in [0.717, 1.165) is 19.0 Å². The van der Waals surface area contributed by atoms with Gasteiger partial charge in [-0.2, -0.15) is 13.2 Å². The lowest BCUT2D eigenvalue weighted by atomic mass is 10.1. The van der Waals surface area contributed by atoms with Gasteiger partial charge in [0.25, 0.3) is 0 Å². The van der Waals surface area contributed by atoms with Crippen molar-refractivity contribution in [3.05, 3.63) is 22.8 Å². The van der Waals surface area contributed by atoms with Crippen LogP contribution in [0.1, 0.15) is 12.0 Å². The van der Waals surface area contributed by atoms with Gasteiger partial charge in [-0.05, 0) is 19.0 Å². The molecule has 1 atom stereocenters. The molecule has 0 spiro atoms. The molecule has 1 fully saturated rings. The van der Waals surface area contributed by atoms with Crippen molar-refractivity contribution in [2.24, 2.45) is 5.92 Å². The summed E-state index contributed by atoms with van der Waals surface area (Å²) >= 11 is 5.70. The number of carbonyl (C=O) groups excluding carboxylic acids is 1. The molecule has 0 bridgehead atoms. The van der Waals surface area contributed by atoms with Crippen molar-refractivity contribution in [3.63, 3.8) is 0 Å². The van der Waals surface area contributed by atoms with Crippen LogP contribution in [0.4, 0.5) is 13.2 Å². The number of halogens is 6. The maximum Gasteiger partial charge on any atom is 0.417 e. The van der Waals surface area contributed by atoms with Gasteiger partial charge in [-0.1, -0.05) is 11.6 Å². The van der Waals surface area contributed by atoms with Crippen LogP contribution >= 0.6 is 36.4 Å². The van der Waals surface area contributed by atoms with Crippen molar-refractivity contribution in [2.45, 2.75) is 12.6 Å². The van der Waals surface area contributed by atoms with E-state index in [1.165, 1.54) is 0 Å². The highest BCUT2D eigenvalue weighted by Gasteiger charge is 2.31. The molecule has 2 heterocycles. The molecular weight excluding hydrogens is 394 g/mol. The predicted octanol–water partition coefficient (Wildman–Crippen LogP) is 2.70. The van der Waals surface area contributed by atoms with Gasteiger partial charge in [0.1, 0.15) is 11.6 Å². The summed E-state index contributed by atoms with van der Waals surface area (Å²) in [5.41, 5.74) is -0.938. The minimum absolute atomic E-state index is 0. The summed E-state index contributed by atoms with van der Waals surface area (Å²) in [5.74, 6) is -0.209. The van der Waals surface area contributed by atoms with E-state index in [1.807, 2.05) is 0 Å². The number of ether oxygens (including phenoxy) is 1. The Kier molecular flexibility index (Phi) is 9.72. The Bertz CT molecular complexity index is 541. The fourth-order valence-corrected chi connectivity index (χ4v) is 2.25. The van der Waals surface area contributed by atoms with E-state index in [-0.39, 0.29) is 60.7 Å². The highest BCUT2D eigenvalue weighted by atomic mass is 35.5. The molecule has 11 heteroatoms. The maximum absolute atomic E-state index is 12.5. The Morgan fingerprint density at radius 2 is 2.17 bits per heavy atom. The summed E-state index contributed by atoms with van der Waals surface area (Å²) in [4.78, 5) is 15.2. The van der Waals surface area contributed by atoms with Crippen LogP contribution in [0.5, 0.6) is 5.88 Å². The molecule has 1 aromatic rings. The second kappa shape index (κ2) is 10.1. The van der Waals surface area contributed by atoms with E-state index in [2.05, 4.69) is 15.6 Å². The largest absolute Gasteiger partial charge is 0.475 e. The summed E-state index contributed by atoms with van der Waals surface area (Å²) in [5, 5.41) is 5.56. The molecule has 5 nitrogen and oxygen atoms in total. The lowest BCUT2D eigenvalue weighted by Crippen LogP contribution is -2.34. The summed E-state index contributed by atoms with van der Waals surface area (Å²) in [6, 6.07) is 0.757. The predicted molar refractivity (Wildman–Crippen MR) is 88.2 cm³/mol. The van der Waals surface area contributed by atoms with Crippen LogP contribution in [0.2, 0.25) is 5.02 Å². The van der Waals surface area contributed by atoms with Gasteiger partial charge in [-0.25, -0.2) is 4.98 Å². The number of alkyl halides is 3. The van der Waals surface area contributed by atoms with Crippen LogP contribution in [-0.4, -0.2) is 37.1 Å². The minimum atomic E-state index is -4.50. The van der Waals surface area contributed by atoms with Gasteiger partial charge >= 0.3 is 6.18 Å². The number of carbonyl (C=O) groups is 1. The molecule has 1 aliphatic heterocycles. The SMILES string of the molecule is Cl.Cl.O=C(NCCOc1ncc(C(F)(F)F)cc1Cl)C1CCNC1. The number of nitrogens with zero attached hydrogens (tertiary/aromatic N) is 1. The molecular formula is C13H17Cl3F3N3O2. The molecule has 1 aromatic heterocycles. The monoisotopic (exact) mass is 409 g/mol. The van der Waals surface area contributed by atoms with E-state index in [1.54, 1.807) is 0 Å². The summed E-state index contributed by atoms with van der Waals surface area (Å²) in [6.07, 6.45) is -3.05. The average molecular weight is 411 g/mol. The van der Waals surface area contributed by atoms with Crippen LogP contribution in [0.25, 0.3) is 0 Å². The van der Waals surface area contributed by atoms with Crippen LogP contribution in [0.3, 0.4) is 0 Å². The first kappa shape index (κ1) is 23.0. The number of nitrogens with one attached hydrogen (secondary N) is 2. The molecule has 0 radical (unpaired) electrons. The van der Waals surface area contributed by atoms with E-state index in [4.69, 9.17) is 16.3 Å². The molecule has 1 amide bonds. The van der Waals surface area contributed by atoms with Crippen molar-refractivity contribution >= 4 is 42.3 Å². The number of amides is 1. The van der Waals surface area contributed by atoms with Gasteiger partial charge in [-0.15, -0.1) is 24.8 Å². The molecule has 0 saturated carbocycles. The summed E-state index contributed by atoms with van der Waals surface area (Å²) in [6.45, 7) is 1.77. The molecule has 1 aliphatic rings. The second-order valence-electron chi connectivity index (χ2n) is 4.84. The molecule has 1 unspecified atom stereocenters. The molecule has 2 N–H and O–H groups in total. The van der Waals surface area contributed by atoms with Gasteiger partial charge < -0.3 is 15.4 Å². The average Bonchev–Trinajstić information content (AvgIpc) is 2.97. The third-order valence-corrected chi connectivity index (χ3v) is 3.48. The third-order valence-electron chi connectivity index (χ3n) is 3.21. The molecule has 138 valence electrons. The van der Waals surface area contributed by atoms with Gasteiger partial charge in [0, 0.05) is 12.7 Å². The molecule has 1 saturated heterocycles. The number of aromatic nitrogens is 1. The number of pyridine rings is 1. The van der Waals surface area contributed by atoms with Crippen LogP contribution in [0.15, 0.2) is 12.3 Å². The zero-order valence-electron chi connectivity index (χ0n) is 12.4. The second-order valence-corrected chi connectivity index (χ2v) is 5.25. The highest BCUT2D eigenvalue weighted by molar-refractivity contribution is 6.31. The van der Waals surface area contributed by atoms with Crippen molar-refractivity contribution in [1.82, 2.24) is 15.6 Å². The first-order chi connectivity index (χ1) is 10.4. The molecule has 2 rings (SSSR count). The molecule has 0 aromatic carbocycles. The lowest BCUT2D eigenvalue weighted by Gasteiger charge is -2.12. The quantitative estimate of drug-likeness (QED) is 0.733. The number of rotatable bonds is 5. The van der Waals surface area contributed by atoms with Crippen LogP contribution in [-0.2, 0) is 11.0 Å². The fraction of sp³-hybridized carbons (Fsp3) is 0.538. The third kappa shape index (κ3) is 6.51. The van der Waals surface area contributed by atoms with E-state index in [0.29, 0.717) is 12.7 Å². The van der Waals surface area contributed by atoms with Gasteiger partial charge in [0.2, 0.25) is 11.8 Å². The van der Waals surface area contributed by atoms with E-state index >= 15 is 0 Å². The first-order valence-electron chi connectivity index (χ1n) is 6.72. The highest BCUT2D eigenvalue weighted by Crippen LogP contribution is 2.32. The Labute approximate surface area is 154 Å². The smallest absolute Gasteiger partial charge is 0.417 e. The van der Waals surface area contributed by atoms with Gasteiger partial charge in [-0.3, -0.25) is 4.79 Å². The van der Waals surface area contributed by atoms with Crippen LogP contribution < -0.4 is 15.4 Å². The topological polar surface area (TPSA) is 63.2 Å². The van der Waals surface area contributed by atoms with Crippen molar-refractivity contribution in [2.75, 3.05) is 26.2 Å². The van der Waals surface area contributed by atoms with E-state index < -0.39 is 11.7 Å². The number of hydrogen-bond acceptors (Lipinski definition) is 4. The fourth-order valence-electron chi connectivity index (χ4n) is 2.03. The first-order valence-corrected chi connectivity index (χ1v) is 7.09. The van der Waals surface area contributed by atoms with Gasteiger partial charge in [0.15, 0.2) is 0 Å². The molecule has 24 heavy (non-hydrogen) atoms. The van der Waals surface area contributed by atoms with Crippen LogP contribution in [0, 0.1) is 5.92 Å². The zero-order chi connectivity index (χ0) is 16.2. The van der Waals surface area contributed by atoms with Crippen molar-refractivity contribution in [3.8, 4) is 5.88 Å². The maximum atomic E-state index is 12.5. The van der Waals surface area contributed by atoms with Crippen molar-refractivity contribution < 1.29 is 22.7 Å². The summed E-state index contributed by atoms with van der Waals surface area (Å²) < 4.78 is 42.5. The number of hydrogen-bond donors (Lipinski definition) is 2. The Balaban J connectivity index is 0.00000264.